The maximum absolute atomic E-state index is 5.86. The lowest BCUT2D eigenvalue weighted by molar-refractivity contribution is 0.0574. The lowest BCUT2D eigenvalue weighted by Gasteiger charge is -2.43. The minimum absolute atomic E-state index is 0.127. The zero-order valence-corrected chi connectivity index (χ0v) is 13.6. The Kier molecular flexibility index (Phi) is 5.62. The topological polar surface area (TPSA) is 41.7 Å². The maximum Gasteiger partial charge on any atom is 0.118 e. The highest BCUT2D eigenvalue weighted by Gasteiger charge is 2.28. The van der Waals surface area contributed by atoms with Gasteiger partial charge in [0.05, 0.1) is 7.11 Å². The van der Waals surface area contributed by atoms with Crippen LogP contribution in [0.25, 0.3) is 0 Å². The molecule has 1 aromatic rings. The Morgan fingerprint density at radius 3 is 2.24 bits per heavy atom. The molecule has 4 heteroatoms. The lowest BCUT2D eigenvalue weighted by atomic mass is 10.0. The molecule has 1 aromatic carbocycles. The molecule has 0 bridgehead atoms. The summed E-state index contributed by atoms with van der Waals surface area (Å²) in [5, 5.41) is 0. The van der Waals surface area contributed by atoms with Crippen molar-refractivity contribution in [3.05, 3.63) is 29.8 Å². The molecule has 1 heterocycles. The third-order valence-electron chi connectivity index (χ3n) is 4.60. The molecule has 1 aliphatic rings. The number of rotatable bonds is 6. The molecule has 0 aliphatic carbocycles. The van der Waals surface area contributed by atoms with E-state index in [0.29, 0.717) is 0 Å². The molecule has 1 fully saturated rings. The van der Waals surface area contributed by atoms with E-state index in [4.69, 9.17) is 10.5 Å². The van der Waals surface area contributed by atoms with E-state index >= 15 is 0 Å². The zero-order valence-electron chi connectivity index (χ0n) is 13.6. The van der Waals surface area contributed by atoms with Gasteiger partial charge in [-0.3, -0.25) is 4.90 Å². The van der Waals surface area contributed by atoms with Crippen LogP contribution < -0.4 is 10.5 Å². The van der Waals surface area contributed by atoms with Gasteiger partial charge in [0.1, 0.15) is 5.75 Å². The van der Waals surface area contributed by atoms with Crippen molar-refractivity contribution in [2.45, 2.75) is 25.8 Å². The SMILES string of the molecule is COc1ccc(CCN2CCN(C(C)(C)CN)CC2)cc1. The highest BCUT2D eigenvalue weighted by atomic mass is 16.5. The van der Waals surface area contributed by atoms with Crippen molar-refractivity contribution in [2.75, 3.05) is 46.4 Å². The Balaban J connectivity index is 1.76. The van der Waals surface area contributed by atoms with Gasteiger partial charge in [0, 0.05) is 44.8 Å². The molecule has 1 saturated heterocycles. The Morgan fingerprint density at radius 2 is 1.71 bits per heavy atom. The number of methoxy groups -OCH3 is 1. The molecule has 4 nitrogen and oxygen atoms in total. The van der Waals surface area contributed by atoms with Crippen molar-refractivity contribution < 1.29 is 4.74 Å². The van der Waals surface area contributed by atoms with Gasteiger partial charge in [-0.15, -0.1) is 0 Å². The van der Waals surface area contributed by atoms with Crippen LogP contribution in [0.1, 0.15) is 19.4 Å². The smallest absolute Gasteiger partial charge is 0.118 e. The first kappa shape index (κ1) is 16.3. The number of hydrogen-bond donors (Lipinski definition) is 1. The van der Waals surface area contributed by atoms with Crippen molar-refractivity contribution in [3.8, 4) is 5.75 Å². The summed E-state index contributed by atoms with van der Waals surface area (Å²) in [7, 11) is 1.71. The zero-order chi connectivity index (χ0) is 15.3. The maximum atomic E-state index is 5.86. The van der Waals surface area contributed by atoms with E-state index in [1.54, 1.807) is 7.11 Å². The molecule has 0 atom stereocenters. The molecule has 0 aromatic heterocycles. The largest absolute Gasteiger partial charge is 0.497 e. The third kappa shape index (κ3) is 4.43. The minimum Gasteiger partial charge on any atom is -0.497 e. The molecule has 1 aliphatic heterocycles. The van der Waals surface area contributed by atoms with Crippen LogP contribution in [-0.4, -0.2) is 61.7 Å². The van der Waals surface area contributed by atoms with Crippen LogP contribution in [0.3, 0.4) is 0 Å². The fourth-order valence-corrected chi connectivity index (χ4v) is 2.79. The minimum atomic E-state index is 0.127. The van der Waals surface area contributed by atoms with E-state index in [1.807, 2.05) is 12.1 Å². The van der Waals surface area contributed by atoms with Crippen molar-refractivity contribution in [1.29, 1.82) is 0 Å². The summed E-state index contributed by atoms with van der Waals surface area (Å²) >= 11 is 0. The standard InChI is InChI=1S/C17H29N3O/c1-17(2,14-18)20-12-10-19(11-13-20)9-8-15-4-6-16(21-3)7-5-15/h4-7H,8-14,18H2,1-3H3. The van der Waals surface area contributed by atoms with Crippen LogP contribution in [-0.2, 0) is 6.42 Å². The van der Waals surface area contributed by atoms with E-state index in [-0.39, 0.29) is 5.54 Å². The number of nitrogens with zero attached hydrogens (tertiary/aromatic N) is 2. The summed E-state index contributed by atoms with van der Waals surface area (Å²) in [5.41, 5.74) is 7.37. The van der Waals surface area contributed by atoms with E-state index in [2.05, 4.69) is 35.8 Å². The van der Waals surface area contributed by atoms with Crippen molar-refractivity contribution in [3.63, 3.8) is 0 Å². The van der Waals surface area contributed by atoms with E-state index in [1.165, 1.54) is 5.56 Å². The van der Waals surface area contributed by atoms with Gasteiger partial charge in [-0.25, -0.2) is 0 Å². The van der Waals surface area contributed by atoms with Gasteiger partial charge in [-0.05, 0) is 38.0 Å². The highest BCUT2D eigenvalue weighted by molar-refractivity contribution is 5.27. The third-order valence-corrected chi connectivity index (χ3v) is 4.60. The van der Waals surface area contributed by atoms with Crippen LogP contribution in [0, 0.1) is 0 Å². The van der Waals surface area contributed by atoms with Crippen LogP contribution in [0.2, 0.25) is 0 Å². The van der Waals surface area contributed by atoms with E-state index < -0.39 is 0 Å². The molecule has 0 saturated carbocycles. The van der Waals surface area contributed by atoms with Gasteiger partial charge in [0.2, 0.25) is 0 Å². The number of ether oxygens (including phenoxy) is 1. The molecule has 2 N–H and O–H groups in total. The molecule has 0 amide bonds. The van der Waals surface area contributed by atoms with E-state index in [9.17, 15) is 0 Å². The van der Waals surface area contributed by atoms with Gasteiger partial charge < -0.3 is 15.4 Å². The second-order valence-corrected chi connectivity index (χ2v) is 6.44. The summed E-state index contributed by atoms with van der Waals surface area (Å²) in [6.45, 7) is 10.8. The van der Waals surface area contributed by atoms with Crippen molar-refractivity contribution in [2.24, 2.45) is 5.73 Å². The van der Waals surface area contributed by atoms with Crippen LogP contribution >= 0.6 is 0 Å². The molecule has 21 heavy (non-hydrogen) atoms. The number of benzene rings is 1. The Hall–Kier alpha value is -1.10. The Morgan fingerprint density at radius 1 is 1.10 bits per heavy atom. The second kappa shape index (κ2) is 7.25. The van der Waals surface area contributed by atoms with Gasteiger partial charge in [0.25, 0.3) is 0 Å². The summed E-state index contributed by atoms with van der Waals surface area (Å²) < 4.78 is 5.19. The summed E-state index contributed by atoms with van der Waals surface area (Å²) in [6, 6.07) is 8.40. The number of nitrogens with two attached hydrogens (primary N) is 1. The van der Waals surface area contributed by atoms with E-state index in [0.717, 1.165) is 51.4 Å². The monoisotopic (exact) mass is 291 g/mol. The van der Waals surface area contributed by atoms with Crippen molar-refractivity contribution in [1.82, 2.24) is 9.80 Å². The van der Waals surface area contributed by atoms with Gasteiger partial charge in [0.15, 0.2) is 0 Å². The predicted octanol–water partition coefficient (Wildman–Crippen LogP) is 1.59. The Labute approximate surface area is 128 Å². The highest BCUT2D eigenvalue weighted by Crippen LogP contribution is 2.16. The van der Waals surface area contributed by atoms with Crippen LogP contribution in [0.5, 0.6) is 5.75 Å². The molecule has 2 rings (SSSR count). The van der Waals surface area contributed by atoms with Crippen LogP contribution in [0.4, 0.5) is 0 Å². The molecular weight excluding hydrogens is 262 g/mol. The Bertz CT molecular complexity index is 422. The molecule has 0 unspecified atom stereocenters. The fourth-order valence-electron chi connectivity index (χ4n) is 2.79. The normalized spacial score (nSPS) is 17.9. The fraction of sp³-hybridized carbons (Fsp3) is 0.647. The average molecular weight is 291 g/mol. The first-order valence-corrected chi connectivity index (χ1v) is 7.85. The first-order valence-electron chi connectivity index (χ1n) is 7.85. The summed E-state index contributed by atoms with van der Waals surface area (Å²) in [5.74, 6) is 0.927. The molecule has 118 valence electrons. The molecule has 0 radical (unpaired) electrons. The molecular formula is C17H29N3O. The summed E-state index contributed by atoms with van der Waals surface area (Å²) in [6.07, 6.45) is 1.10. The lowest BCUT2D eigenvalue weighted by Crippen LogP contribution is -2.57. The van der Waals surface area contributed by atoms with Crippen LogP contribution in [0.15, 0.2) is 24.3 Å². The van der Waals surface area contributed by atoms with Gasteiger partial charge in [-0.1, -0.05) is 12.1 Å². The quantitative estimate of drug-likeness (QED) is 0.864. The predicted molar refractivity (Wildman–Crippen MR) is 87.8 cm³/mol. The second-order valence-electron chi connectivity index (χ2n) is 6.44. The average Bonchev–Trinajstić information content (AvgIpc) is 2.54. The van der Waals surface area contributed by atoms with Gasteiger partial charge >= 0.3 is 0 Å². The first-order chi connectivity index (χ1) is 10.0. The number of piperazine rings is 1. The van der Waals surface area contributed by atoms with Crippen molar-refractivity contribution >= 4 is 0 Å². The summed E-state index contributed by atoms with van der Waals surface area (Å²) in [4.78, 5) is 5.06. The molecule has 0 spiro atoms. The number of hydrogen-bond acceptors (Lipinski definition) is 4. The van der Waals surface area contributed by atoms with Gasteiger partial charge in [-0.2, -0.15) is 0 Å².